The molecule has 0 aliphatic carbocycles. The summed E-state index contributed by atoms with van der Waals surface area (Å²) in [5, 5.41) is 10.9. The van der Waals surface area contributed by atoms with Gasteiger partial charge in [-0.15, -0.1) is 0 Å². The quantitative estimate of drug-likeness (QED) is 0.439. The van der Waals surface area contributed by atoms with Crippen molar-refractivity contribution in [2.24, 2.45) is 10.5 Å². The highest BCUT2D eigenvalue weighted by Crippen LogP contribution is 2.38. The third-order valence-corrected chi connectivity index (χ3v) is 7.55. The van der Waals surface area contributed by atoms with Crippen LogP contribution in [-0.4, -0.2) is 83.4 Å². The first-order chi connectivity index (χ1) is 21.0. The Balaban J connectivity index is 1.59. The zero-order valence-electron chi connectivity index (χ0n) is 26.3. The summed E-state index contributed by atoms with van der Waals surface area (Å²) in [5.41, 5.74) is -1.92. The average Bonchev–Trinajstić information content (AvgIpc) is 3.19. The van der Waals surface area contributed by atoms with E-state index in [1.165, 1.54) is 23.8 Å². The van der Waals surface area contributed by atoms with Crippen molar-refractivity contribution in [3.05, 3.63) is 65.7 Å². The van der Waals surface area contributed by atoms with E-state index in [0.717, 1.165) is 17.7 Å². The molecule has 0 bridgehead atoms. The van der Waals surface area contributed by atoms with Crippen molar-refractivity contribution in [3.63, 3.8) is 0 Å². The molecule has 0 aromatic heterocycles. The molecule has 2 atom stereocenters. The van der Waals surface area contributed by atoms with Crippen LogP contribution < -0.4 is 15.4 Å². The number of likely N-dealkylation sites (tertiary alicyclic amines) is 1. The van der Waals surface area contributed by atoms with E-state index in [1.807, 2.05) is 30.3 Å². The first-order valence-electron chi connectivity index (χ1n) is 14.6. The number of benzene rings is 2. The van der Waals surface area contributed by atoms with Crippen LogP contribution in [0.25, 0.3) is 0 Å². The average molecular weight is 628 g/mol. The Morgan fingerprint density at radius 2 is 1.76 bits per heavy atom. The summed E-state index contributed by atoms with van der Waals surface area (Å²) in [5.74, 6) is -3.71. The van der Waals surface area contributed by atoms with E-state index in [1.54, 1.807) is 27.8 Å². The predicted octanol–water partition coefficient (Wildman–Crippen LogP) is 3.42. The molecule has 1 saturated heterocycles. The van der Waals surface area contributed by atoms with Gasteiger partial charge in [0.2, 0.25) is 11.8 Å². The van der Waals surface area contributed by atoms with Crippen molar-refractivity contribution in [2.75, 3.05) is 26.7 Å². The van der Waals surface area contributed by atoms with Crippen LogP contribution in [-0.2, 0) is 25.5 Å². The summed E-state index contributed by atoms with van der Waals surface area (Å²) >= 11 is 0. The Labute approximate surface area is 260 Å². The van der Waals surface area contributed by atoms with Gasteiger partial charge in [-0.2, -0.15) is 5.10 Å². The number of nitrogens with one attached hydrogen (secondary N) is 2. The Bertz CT molecular complexity index is 1490. The lowest BCUT2D eigenvalue weighted by Gasteiger charge is -2.41. The molecular weight excluding hydrogens is 588 g/mol. The number of alkyl carbamates (subject to hydrolysis) is 1. The van der Waals surface area contributed by atoms with Crippen LogP contribution in [0.3, 0.4) is 0 Å². The monoisotopic (exact) mass is 627 g/mol. The highest BCUT2D eigenvalue weighted by Gasteiger charge is 2.54. The standard InChI is InChI=1S/C32H39F2N5O6/c1-30(2,3)45-29(43)36-31(4,5)27(41)35-23(18-44-24-13-12-21(33)16-22(24)34)26(40)39-15-14-25-32(19-39,28(42)38(6)37-25)17-20-10-8-7-9-11-20/h7-13,16,23H,14-15,17-19H2,1-6H3,(H,35,41)(H,36,43)/t23-,32-/m1/s1. The maximum atomic E-state index is 14.4. The van der Waals surface area contributed by atoms with E-state index in [4.69, 9.17) is 9.47 Å². The van der Waals surface area contributed by atoms with Crippen LogP contribution in [0.4, 0.5) is 13.6 Å². The molecule has 2 heterocycles. The second-order valence-corrected chi connectivity index (χ2v) is 12.8. The van der Waals surface area contributed by atoms with E-state index in [-0.39, 0.29) is 24.7 Å². The zero-order valence-corrected chi connectivity index (χ0v) is 26.3. The summed E-state index contributed by atoms with van der Waals surface area (Å²) in [6.45, 7) is 7.54. The minimum absolute atomic E-state index is 0.0143. The molecule has 0 radical (unpaired) electrons. The molecule has 0 saturated carbocycles. The van der Waals surface area contributed by atoms with Crippen LogP contribution >= 0.6 is 0 Å². The minimum Gasteiger partial charge on any atom is -0.488 e. The summed E-state index contributed by atoms with van der Waals surface area (Å²) in [6.07, 6.45) is -0.223. The van der Waals surface area contributed by atoms with Gasteiger partial charge in [-0.3, -0.25) is 14.4 Å². The molecule has 45 heavy (non-hydrogen) atoms. The van der Waals surface area contributed by atoms with Gasteiger partial charge in [-0.25, -0.2) is 18.6 Å². The maximum absolute atomic E-state index is 14.4. The maximum Gasteiger partial charge on any atom is 0.408 e. The molecule has 1 fully saturated rings. The number of carbonyl (C=O) groups excluding carboxylic acids is 4. The van der Waals surface area contributed by atoms with Crippen molar-refractivity contribution in [3.8, 4) is 5.75 Å². The topological polar surface area (TPSA) is 130 Å². The highest BCUT2D eigenvalue weighted by molar-refractivity contribution is 6.13. The molecule has 4 amide bonds. The lowest BCUT2D eigenvalue weighted by molar-refractivity contribution is -0.143. The normalized spacial score (nSPS) is 18.9. The number of amides is 4. The van der Waals surface area contributed by atoms with Crippen LogP contribution in [0.2, 0.25) is 0 Å². The van der Waals surface area contributed by atoms with E-state index >= 15 is 0 Å². The molecule has 242 valence electrons. The second kappa shape index (κ2) is 12.8. The van der Waals surface area contributed by atoms with Crippen molar-refractivity contribution in [1.82, 2.24) is 20.5 Å². The van der Waals surface area contributed by atoms with Crippen molar-refractivity contribution < 1.29 is 37.4 Å². The molecule has 4 rings (SSSR count). The highest BCUT2D eigenvalue weighted by atomic mass is 19.1. The number of fused-ring (bicyclic) bond motifs is 1. The number of carbonyl (C=O) groups is 4. The Morgan fingerprint density at radius 3 is 2.40 bits per heavy atom. The molecule has 0 spiro atoms. The van der Waals surface area contributed by atoms with Crippen LogP contribution in [0, 0.1) is 17.0 Å². The molecule has 13 heteroatoms. The summed E-state index contributed by atoms with van der Waals surface area (Å²) in [4.78, 5) is 55.0. The van der Waals surface area contributed by atoms with Gasteiger partial charge >= 0.3 is 6.09 Å². The fourth-order valence-electron chi connectivity index (χ4n) is 5.33. The summed E-state index contributed by atoms with van der Waals surface area (Å²) in [6, 6.07) is 10.7. The fourth-order valence-corrected chi connectivity index (χ4v) is 5.33. The number of ether oxygens (including phenoxy) is 2. The molecular formula is C32H39F2N5O6. The van der Waals surface area contributed by atoms with Gasteiger partial charge in [0.1, 0.15) is 35.0 Å². The van der Waals surface area contributed by atoms with Crippen molar-refractivity contribution in [2.45, 2.75) is 64.6 Å². The molecule has 2 N–H and O–H groups in total. The van der Waals surface area contributed by atoms with Gasteiger partial charge in [0, 0.05) is 32.6 Å². The number of halogens is 2. The van der Waals surface area contributed by atoms with Crippen LogP contribution in [0.15, 0.2) is 53.6 Å². The van der Waals surface area contributed by atoms with Gasteiger partial charge in [0.25, 0.3) is 5.91 Å². The zero-order chi connectivity index (χ0) is 33.2. The van der Waals surface area contributed by atoms with Crippen LogP contribution in [0.5, 0.6) is 5.75 Å². The molecule has 2 aromatic carbocycles. The largest absolute Gasteiger partial charge is 0.488 e. The van der Waals surface area contributed by atoms with Gasteiger partial charge in [0.05, 0.1) is 5.71 Å². The van der Waals surface area contributed by atoms with Gasteiger partial charge in [0.15, 0.2) is 11.6 Å². The predicted molar refractivity (Wildman–Crippen MR) is 161 cm³/mol. The van der Waals surface area contributed by atoms with E-state index in [9.17, 15) is 28.0 Å². The van der Waals surface area contributed by atoms with Crippen molar-refractivity contribution >= 4 is 29.5 Å². The molecule has 2 aliphatic rings. The number of hydrazone groups is 1. The molecule has 11 nitrogen and oxygen atoms in total. The first-order valence-corrected chi connectivity index (χ1v) is 14.6. The Kier molecular flexibility index (Phi) is 9.50. The van der Waals surface area contributed by atoms with E-state index < -0.39 is 58.7 Å². The third-order valence-electron chi connectivity index (χ3n) is 7.55. The van der Waals surface area contributed by atoms with Crippen LogP contribution in [0.1, 0.15) is 46.6 Å². The summed E-state index contributed by atoms with van der Waals surface area (Å²) in [7, 11) is 1.57. The number of rotatable bonds is 9. The van der Waals surface area contributed by atoms with Gasteiger partial charge in [-0.05, 0) is 58.7 Å². The lowest BCUT2D eigenvalue weighted by atomic mass is 9.73. The Morgan fingerprint density at radius 1 is 1.07 bits per heavy atom. The summed E-state index contributed by atoms with van der Waals surface area (Å²) < 4.78 is 38.7. The van der Waals surface area contributed by atoms with Gasteiger partial charge < -0.3 is 25.0 Å². The van der Waals surface area contributed by atoms with E-state index in [2.05, 4.69) is 15.7 Å². The SMILES string of the molecule is CN1N=C2CCN(C(=O)[C@@H](COc3ccc(F)cc3F)NC(=O)C(C)(C)NC(=O)OC(C)(C)C)C[C@@]2(Cc2ccccc2)C1=O. The number of hydrogen-bond acceptors (Lipinski definition) is 7. The first kappa shape index (κ1) is 33.3. The smallest absolute Gasteiger partial charge is 0.408 e. The number of hydrogen-bond donors (Lipinski definition) is 2. The van der Waals surface area contributed by atoms with E-state index in [0.29, 0.717) is 24.6 Å². The van der Waals surface area contributed by atoms with Gasteiger partial charge in [-0.1, -0.05) is 30.3 Å². The molecule has 0 unspecified atom stereocenters. The fraction of sp³-hybridized carbons (Fsp3) is 0.469. The molecule has 2 aliphatic heterocycles. The lowest BCUT2D eigenvalue weighted by Crippen LogP contribution is -2.63. The number of nitrogens with zero attached hydrogens (tertiary/aromatic N) is 3. The van der Waals surface area contributed by atoms with Crippen molar-refractivity contribution in [1.29, 1.82) is 0 Å². The molecule has 2 aromatic rings. The second-order valence-electron chi connectivity index (χ2n) is 12.8. The minimum atomic E-state index is -1.54. The Hall–Kier alpha value is -4.55. The third kappa shape index (κ3) is 7.76. The number of piperidine rings is 1.